The van der Waals surface area contributed by atoms with Crippen molar-refractivity contribution >= 4 is 23.4 Å². The quantitative estimate of drug-likeness (QED) is 0.810. The van der Waals surface area contributed by atoms with E-state index in [0.29, 0.717) is 6.54 Å². The Hall–Kier alpha value is -1.98. The number of nitrogens with zero attached hydrogens (tertiary/aromatic N) is 1. The first-order valence-electron chi connectivity index (χ1n) is 9.07. The molecule has 0 aromatic heterocycles. The largest absolute Gasteiger partial charge is 0.378 e. The van der Waals surface area contributed by atoms with E-state index in [-0.39, 0.29) is 11.2 Å². The number of rotatable bonds is 7. The van der Waals surface area contributed by atoms with Gasteiger partial charge in [0.15, 0.2) is 0 Å². The lowest BCUT2D eigenvalue weighted by Gasteiger charge is -2.28. The van der Waals surface area contributed by atoms with Gasteiger partial charge in [0, 0.05) is 31.1 Å². The minimum Gasteiger partial charge on any atom is -0.378 e. The van der Waals surface area contributed by atoms with Gasteiger partial charge in [-0.05, 0) is 30.2 Å². The van der Waals surface area contributed by atoms with Crippen LogP contribution >= 0.6 is 11.8 Å². The van der Waals surface area contributed by atoms with Crippen LogP contribution in [0.25, 0.3) is 0 Å². The Kier molecular flexibility index (Phi) is 6.97. The van der Waals surface area contributed by atoms with Crippen molar-refractivity contribution in [2.24, 2.45) is 0 Å². The van der Waals surface area contributed by atoms with Crippen molar-refractivity contribution in [3.63, 3.8) is 0 Å². The molecular formula is C21H26N2O2S. The number of ether oxygens (including phenoxy) is 1. The fourth-order valence-electron chi connectivity index (χ4n) is 2.85. The van der Waals surface area contributed by atoms with Gasteiger partial charge in [-0.2, -0.15) is 0 Å². The van der Waals surface area contributed by atoms with E-state index in [2.05, 4.69) is 46.6 Å². The van der Waals surface area contributed by atoms with Gasteiger partial charge in [0.1, 0.15) is 0 Å². The highest BCUT2D eigenvalue weighted by molar-refractivity contribution is 7.99. The number of benzene rings is 2. The summed E-state index contributed by atoms with van der Waals surface area (Å²) in [5.41, 5.74) is 3.58. The van der Waals surface area contributed by atoms with Gasteiger partial charge in [0.25, 0.3) is 0 Å². The molecule has 1 aliphatic rings. The van der Waals surface area contributed by atoms with Crippen LogP contribution in [0.15, 0.2) is 54.6 Å². The summed E-state index contributed by atoms with van der Waals surface area (Å²) in [5.74, 6) is 0.937. The van der Waals surface area contributed by atoms with Crippen LogP contribution < -0.4 is 10.2 Å². The first-order chi connectivity index (χ1) is 12.7. The smallest absolute Gasteiger partial charge is 0.233 e. The van der Waals surface area contributed by atoms with Crippen molar-refractivity contribution in [2.45, 2.75) is 24.5 Å². The zero-order valence-electron chi connectivity index (χ0n) is 15.2. The Morgan fingerprint density at radius 3 is 2.46 bits per heavy atom. The van der Waals surface area contributed by atoms with E-state index >= 15 is 0 Å². The number of carbonyl (C=O) groups is 1. The maximum Gasteiger partial charge on any atom is 0.233 e. The number of amides is 1. The van der Waals surface area contributed by atoms with E-state index in [9.17, 15) is 4.79 Å². The molecule has 1 N–H and O–H groups in total. The van der Waals surface area contributed by atoms with Crippen molar-refractivity contribution < 1.29 is 9.53 Å². The molecular weight excluding hydrogens is 344 g/mol. The van der Waals surface area contributed by atoms with Gasteiger partial charge in [0.2, 0.25) is 5.91 Å². The minimum absolute atomic E-state index is 0.0668. The molecule has 0 spiro atoms. The lowest BCUT2D eigenvalue weighted by atomic mass is 10.2. The predicted molar refractivity (Wildman–Crippen MR) is 109 cm³/mol. The van der Waals surface area contributed by atoms with Gasteiger partial charge in [-0.1, -0.05) is 42.5 Å². The van der Waals surface area contributed by atoms with Crippen molar-refractivity contribution in [1.82, 2.24) is 5.32 Å². The number of nitrogens with one attached hydrogen (secondary N) is 1. The van der Waals surface area contributed by atoms with Crippen LogP contribution in [0.3, 0.4) is 0 Å². The summed E-state index contributed by atoms with van der Waals surface area (Å²) in [6.45, 7) is 5.98. The molecule has 1 saturated heterocycles. The summed E-state index contributed by atoms with van der Waals surface area (Å²) in [7, 11) is 0. The highest BCUT2D eigenvalue weighted by atomic mass is 32.2. The molecule has 0 radical (unpaired) electrons. The summed E-state index contributed by atoms with van der Waals surface area (Å²) in [6.07, 6.45) is 0. The summed E-state index contributed by atoms with van der Waals surface area (Å²) < 4.78 is 5.39. The van der Waals surface area contributed by atoms with Crippen molar-refractivity contribution in [1.29, 1.82) is 0 Å². The zero-order chi connectivity index (χ0) is 18.2. The van der Waals surface area contributed by atoms with Crippen LogP contribution in [0.5, 0.6) is 0 Å². The Labute approximate surface area is 159 Å². The molecule has 2 aromatic carbocycles. The highest BCUT2D eigenvalue weighted by Gasteiger charge is 2.14. The second-order valence-electron chi connectivity index (χ2n) is 6.42. The van der Waals surface area contributed by atoms with Crippen LogP contribution in [-0.4, -0.2) is 37.5 Å². The van der Waals surface area contributed by atoms with E-state index in [4.69, 9.17) is 4.74 Å². The van der Waals surface area contributed by atoms with Gasteiger partial charge >= 0.3 is 0 Å². The van der Waals surface area contributed by atoms with Crippen LogP contribution in [0.2, 0.25) is 0 Å². The molecule has 1 heterocycles. The van der Waals surface area contributed by atoms with Crippen LogP contribution in [0, 0.1) is 0 Å². The first kappa shape index (κ1) is 18.8. The second kappa shape index (κ2) is 9.64. The molecule has 0 aliphatic carbocycles. The van der Waals surface area contributed by atoms with Gasteiger partial charge in [-0.15, -0.1) is 11.8 Å². The summed E-state index contributed by atoms with van der Waals surface area (Å²) in [4.78, 5) is 14.6. The fraction of sp³-hybridized carbons (Fsp3) is 0.381. The number of morpholine rings is 1. The molecule has 1 atom stereocenters. The van der Waals surface area contributed by atoms with Gasteiger partial charge in [-0.25, -0.2) is 0 Å². The van der Waals surface area contributed by atoms with E-state index in [1.165, 1.54) is 11.3 Å². The average molecular weight is 371 g/mol. The maximum absolute atomic E-state index is 12.3. The molecule has 26 heavy (non-hydrogen) atoms. The molecule has 3 rings (SSSR count). The summed E-state index contributed by atoms with van der Waals surface area (Å²) in [5, 5.41) is 2.97. The number of carbonyl (C=O) groups excluding carboxylic acids is 1. The van der Waals surface area contributed by atoms with Crippen LogP contribution in [0.4, 0.5) is 5.69 Å². The monoisotopic (exact) mass is 370 g/mol. The number of thioether (sulfide) groups is 1. The lowest BCUT2D eigenvalue weighted by molar-refractivity contribution is -0.120. The highest BCUT2D eigenvalue weighted by Crippen LogP contribution is 2.19. The molecule has 138 valence electrons. The number of hydrogen-bond donors (Lipinski definition) is 1. The molecule has 0 bridgehead atoms. The third-order valence-electron chi connectivity index (χ3n) is 4.49. The zero-order valence-corrected chi connectivity index (χ0v) is 16.0. The predicted octanol–water partition coefficient (Wildman–Crippen LogP) is 3.46. The maximum atomic E-state index is 12.3. The average Bonchev–Trinajstić information content (AvgIpc) is 2.72. The van der Waals surface area contributed by atoms with E-state index in [1.54, 1.807) is 11.8 Å². The molecule has 1 fully saturated rings. The fourth-order valence-corrected chi connectivity index (χ4v) is 3.72. The SMILES string of the molecule is C[C@@H](SCc1ccccc1)C(=O)NCc1ccc(N2CCOCC2)cc1. The van der Waals surface area contributed by atoms with Crippen molar-refractivity contribution in [3.05, 3.63) is 65.7 Å². The van der Waals surface area contributed by atoms with Gasteiger partial charge in [0.05, 0.1) is 18.5 Å². The van der Waals surface area contributed by atoms with E-state index < -0.39 is 0 Å². The molecule has 5 heteroatoms. The topological polar surface area (TPSA) is 41.6 Å². The summed E-state index contributed by atoms with van der Waals surface area (Å²) >= 11 is 1.66. The Morgan fingerprint density at radius 2 is 1.77 bits per heavy atom. The van der Waals surface area contributed by atoms with Gasteiger partial charge < -0.3 is 15.0 Å². The molecule has 2 aromatic rings. The van der Waals surface area contributed by atoms with E-state index in [0.717, 1.165) is 37.6 Å². The Balaban J connectivity index is 1.43. The van der Waals surface area contributed by atoms with Gasteiger partial charge in [-0.3, -0.25) is 4.79 Å². The number of hydrogen-bond acceptors (Lipinski definition) is 4. The molecule has 0 saturated carbocycles. The minimum atomic E-state index is -0.0668. The Bertz CT molecular complexity index is 685. The van der Waals surface area contributed by atoms with Crippen LogP contribution in [0.1, 0.15) is 18.1 Å². The normalized spacial score (nSPS) is 15.5. The third kappa shape index (κ3) is 5.51. The van der Waals surface area contributed by atoms with Crippen LogP contribution in [-0.2, 0) is 21.8 Å². The Morgan fingerprint density at radius 1 is 1.08 bits per heavy atom. The molecule has 1 aliphatic heterocycles. The number of anilines is 1. The summed E-state index contributed by atoms with van der Waals surface area (Å²) in [6, 6.07) is 18.7. The first-order valence-corrected chi connectivity index (χ1v) is 10.1. The molecule has 1 amide bonds. The third-order valence-corrected chi connectivity index (χ3v) is 5.71. The van der Waals surface area contributed by atoms with Crippen molar-refractivity contribution in [3.8, 4) is 0 Å². The molecule has 4 nitrogen and oxygen atoms in total. The second-order valence-corrected chi connectivity index (χ2v) is 7.75. The van der Waals surface area contributed by atoms with E-state index in [1.807, 2.05) is 25.1 Å². The lowest BCUT2D eigenvalue weighted by Crippen LogP contribution is -2.36. The molecule has 0 unspecified atom stereocenters. The standard InChI is InChI=1S/C21H26N2O2S/c1-17(26-16-19-5-3-2-4-6-19)21(24)22-15-18-7-9-20(10-8-18)23-11-13-25-14-12-23/h2-10,17H,11-16H2,1H3,(H,22,24)/t17-/m1/s1. The van der Waals surface area contributed by atoms with Crippen molar-refractivity contribution in [2.75, 3.05) is 31.2 Å².